The molecule has 3 rings (SSSR count). The van der Waals surface area contributed by atoms with Crippen molar-refractivity contribution in [3.63, 3.8) is 0 Å². The van der Waals surface area contributed by atoms with Crippen molar-refractivity contribution in [1.29, 1.82) is 0 Å². The van der Waals surface area contributed by atoms with Crippen molar-refractivity contribution in [2.45, 2.75) is 13.1 Å². The lowest BCUT2D eigenvalue weighted by Gasteiger charge is -2.32. The van der Waals surface area contributed by atoms with E-state index < -0.39 is 0 Å². The summed E-state index contributed by atoms with van der Waals surface area (Å²) in [7, 11) is 0. The molecule has 1 aromatic heterocycles. The third-order valence-electron chi connectivity index (χ3n) is 3.77. The van der Waals surface area contributed by atoms with Crippen LogP contribution in [0.25, 0.3) is 0 Å². The maximum atomic E-state index is 4.40. The molecule has 0 unspecified atom stereocenters. The largest absolute Gasteiger partial charge is 0.333 e. The lowest BCUT2D eigenvalue weighted by molar-refractivity contribution is 0.164. The van der Waals surface area contributed by atoms with Crippen molar-refractivity contribution in [2.24, 2.45) is 0 Å². The van der Waals surface area contributed by atoms with Gasteiger partial charge < -0.3 is 9.88 Å². The SMILES string of the molecule is c1cn2c(n1)CN(CCN1CCNCC1)CC2. The van der Waals surface area contributed by atoms with E-state index in [1.807, 2.05) is 6.20 Å². The van der Waals surface area contributed by atoms with Crippen molar-refractivity contribution in [3.8, 4) is 0 Å². The van der Waals surface area contributed by atoms with Crippen LogP contribution in [0.5, 0.6) is 0 Å². The first-order valence-corrected chi connectivity index (χ1v) is 6.57. The average molecular weight is 235 g/mol. The molecule has 1 fully saturated rings. The standard InChI is InChI=1S/C12H21N5/c1-4-15(5-2-13-1)7-8-16-9-10-17-6-3-14-12(17)11-16/h3,6,13H,1-2,4-5,7-11H2. The van der Waals surface area contributed by atoms with Gasteiger partial charge in [-0.25, -0.2) is 4.98 Å². The fourth-order valence-electron chi connectivity index (χ4n) is 2.63. The van der Waals surface area contributed by atoms with Gasteiger partial charge in [-0.15, -0.1) is 0 Å². The fourth-order valence-corrected chi connectivity index (χ4v) is 2.63. The topological polar surface area (TPSA) is 36.3 Å². The molecule has 5 nitrogen and oxygen atoms in total. The van der Waals surface area contributed by atoms with Crippen molar-refractivity contribution in [2.75, 3.05) is 45.8 Å². The lowest BCUT2D eigenvalue weighted by atomic mass is 10.3. The smallest absolute Gasteiger partial charge is 0.122 e. The van der Waals surface area contributed by atoms with Crippen LogP contribution in [0.1, 0.15) is 5.82 Å². The zero-order valence-electron chi connectivity index (χ0n) is 10.3. The van der Waals surface area contributed by atoms with E-state index in [4.69, 9.17) is 0 Å². The third-order valence-corrected chi connectivity index (χ3v) is 3.77. The van der Waals surface area contributed by atoms with Gasteiger partial charge in [0.1, 0.15) is 5.82 Å². The van der Waals surface area contributed by atoms with Crippen molar-refractivity contribution in [1.82, 2.24) is 24.7 Å². The summed E-state index contributed by atoms with van der Waals surface area (Å²) < 4.78 is 2.27. The minimum atomic E-state index is 1.01. The second kappa shape index (κ2) is 5.16. The van der Waals surface area contributed by atoms with Crippen LogP contribution in [0.2, 0.25) is 0 Å². The van der Waals surface area contributed by atoms with Gasteiger partial charge in [-0.05, 0) is 0 Å². The predicted octanol–water partition coefficient (Wildman–Crippen LogP) is -0.396. The molecule has 0 bridgehead atoms. The molecule has 0 atom stereocenters. The molecule has 0 amide bonds. The van der Waals surface area contributed by atoms with Gasteiger partial charge in [-0.1, -0.05) is 0 Å². The number of rotatable bonds is 3. The normalized spacial score (nSPS) is 22.6. The van der Waals surface area contributed by atoms with E-state index >= 15 is 0 Å². The number of aromatic nitrogens is 2. The average Bonchev–Trinajstić information content (AvgIpc) is 2.85. The first-order chi connectivity index (χ1) is 8.42. The van der Waals surface area contributed by atoms with E-state index in [1.54, 1.807) is 0 Å². The minimum absolute atomic E-state index is 1.01. The zero-order valence-corrected chi connectivity index (χ0v) is 10.3. The van der Waals surface area contributed by atoms with Crippen LogP contribution in [0.15, 0.2) is 12.4 Å². The van der Waals surface area contributed by atoms with Crippen LogP contribution in [0, 0.1) is 0 Å². The minimum Gasteiger partial charge on any atom is -0.333 e. The highest BCUT2D eigenvalue weighted by Crippen LogP contribution is 2.09. The first kappa shape index (κ1) is 11.2. The van der Waals surface area contributed by atoms with Gasteiger partial charge in [0.15, 0.2) is 0 Å². The van der Waals surface area contributed by atoms with Gasteiger partial charge in [-0.3, -0.25) is 9.80 Å². The van der Waals surface area contributed by atoms with Crippen molar-refractivity contribution >= 4 is 0 Å². The van der Waals surface area contributed by atoms with Crippen LogP contribution in [0.3, 0.4) is 0 Å². The summed E-state index contributed by atoms with van der Waals surface area (Å²) in [5.41, 5.74) is 0. The molecule has 0 aliphatic carbocycles. The molecule has 17 heavy (non-hydrogen) atoms. The molecule has 1 saturated heterocycles. The molecule has 2 aliphatic heterocycles. The molecule has 0 spiro atoms. The Balaban J connectivity index is 1.47. The molecule has 0 aromatic carbocycles. The maximum absolute atomic E-state index is 4.40. The summed E-state index contributed by atoms with van der Waals surface area (Å²) in [6.07, 6.45) is 4.00. The zero-order chi connectivity index (χ0) is 11.5. The Kier molecular flexibility index (Phi) is 3.40. The van der Waals surface area contributed by atoms with Gasteiger partial charge >= 0.3 is 0 Å². The predicted molar refractivity (Wildman–Crippen MR) is 66.8 cm³/mol. The Bertz CT molecular complexity index is 356. The van der Waals surface area contributed by atoms with Gasteiger partial charge in [0.2, 0.25) is 0 Å². The highest BCUT2D eigenvalue weighted by Gasteiger charge is 2.17. The highest BCUT2D eigenvalue weighted by atomic mass is 15.3. The second-order valence-corrected chi connectivity index (χ2v) is 4.90. The third kappa shape index (κ3) is 2.68. The van der Waals surface area contributed by atoms with Crippen LogP contribution in [-0.4, -0.2) is 65.2 Å². The monoisotopic (exact) mass is 235 g/mol. The molecule has 94 valence electrons. The summed E-state index contributed by atoms with van der Waals surface area (Å²) in [5.74, 6) is 1.22. The summed E-state index contributed by atoms with van der Waals surface area (Å²) in [6.45, 7) is 10.3. The first-order valence-electron chi connectivity index (χ1n) is 6.57. The molecule has 2 aliphatic rings. The van der Waals surface area contributed by atoms with Crippen molar-refractivity contribution < 1.29 is 0 Å². The van der Waals surface area contributed by atoms with Crippen LogP contribution in [0.4, 0.5) is 0 Å². The van der Waals surface area contributed by atoms with E-state index in [-0.39, 0.29) is 0 Å². The van der Waals surface area contributed by atoms with Crippen LogP contribution in [-0.2, 0) is 13.1 Å². The number of nitrogens with zero attached hydrogens (tertiary/aromatic N) is 4. The molecule has 3 heterocycles. The van der Waals surface area contributed by atoms with Gasteiger partial charge in [0.25, 0.3) is 0 Å². The molecule has 1 aromatic rings. The summed E-state index contributed by atoms with van der Waals surface area (Å²) >= 11 is 0. The van der Waals surface area contributed by atoms with E-state index in [1.165, 1.54) is 32.0 Å². The van der Waals surface area contributed by atoms with Gasteiger partial charge in [0, 0.05) is 64.8 Å². The summed E-state index contributed by atoms with van der Waals surface area (Å²) in [5, 5.41) is 3.39. The number of piperazine rings is 1. The Labute approximate surface area is 102 Å². The number of imidazole rings is 1. The van der Waals surface area contributed by atoms with Crippen molar-refractivity contribution in [3.05, 3.63) is 18.2 Å². The molecule has 5 heteroatoms. The highest BCUT2D eigenvalue weighted by molar-refractivity contribution is 4.95. The molecule has 0 saturated carbocycles. The Morgan fingerprint density at radius 2 is 1.88 bits per heavy atom. The summed E-state index contributed by atoms with van der Waals surface area (Å²) in [6, 6.07) is 0. The lowest BCUT2D eigenvalue weighted by Crippen LogP contribution is -2.47. The molecule has 1 N–H and O–H groups in total. The fraction of sp³-hybridized carbons (Fsp3) is 0.750. The van der Waals surface area contributed by atoms with E-state index in [9.17, 15) is 0 Å². The van der Waals surface area contributed by atoms with Crippen LogP contribution < -0.4 is 5.32 Å². The molecular formula is C12H21N5. The summed E-state index contributed by atoms with van der Waals surface area (Å²) in [4.78, 5) is 9.47. The Morgan fingerprint density at radius 3 is 2.76 bits per heavy atom. The van der Waals surface area contributed by atoms with Gasteiger partial charge in [-0.2, -0.15) is 0 Å². The molecule has 0 radical (unpaired) electrons. The molecular weight excluding hydrogens is 214 g/mol. The number of hydrogen-bond donors (Lipinski definition) is 1. The van der Waals surface area contributed by atoms with E-state index in [0.717, 1.165) is 32.7 Å². The van der Waals surface area contributed by atoms with Crippen LogP contribution >= 0.6 is 0 Å². The van der Waals surface area contributed by atoms with E-state index in [2.05, 4.69) is 30.9 Å². The van der Waals surface area contributed by atoms with Gasteiger partial charge in [0.05, 0.1) is 6.54 Å². The maximum Gasteiger partial charge on any atom is 0.122 e. The Hall–Kier alpha value is -0.910. The van der Waals surface area contributed by atoms with E-state index in [0.29, 0.717) is 0 Å². The number of hydrogen-bond acceptors (Lipinski definition) is 4. The number of nitrogens with one attached hydrogen (secondary N) is 1. The second-order valence-electron chi connectivity index (χ2n) is 4.90. The quantitative estimate of drug-likeness (QED) is 0.774. The Morgan fingerprint density at radius 1 is 1.06 bits per heavy atom. The number of fused-ring (bicyclic) bond motifs is 1.